The van der Waals surface area contributed by atoms with Crippen LogP contribution < -0.4 is 5.32 Å². The normalized spacial score (nSPS) is 13.8. The van der Waals surface area contributed by atoms with Gasteiger partial charge in [-0.2, -0.15) is 0 Å². The number of fused-ring (bicyclic) bond motifs is 1. The van der Waals surface area contributed by atoms with Crippen molar-refractivity contribution in [3.05, 3.63) is 47.5 Å². The van der Waals surface area contributed by atoms with Crippen molar-refractivity contribution in [1.82, 2.24) is 9.55 Å². The summed E-state index contributed by atoms with van der Waals surface area (Å²) in [6.07, 6.45) is 5.47. The molecule has 0 saturated carbocycles. The van der Waals surface area contributed by atoms with E-state index in [9.17, 15) is 4.79 Å². The third kappa shape index (κ3) is 1.70. The summed E-state index contributed by atoms with van der Waals surface area (Å²) >= 11 is 0. The van der Waals surface area contributed by atoms with Crippen LogP contribution in [0.5, 0.6) is 0 Å². The van der Waals surface area contributed by atoms with Crippen LogP contribution in [0.3, 0.4) is 0 Å². The van der Waals surface area contributed by atoms with E-state index in [2.05, 4.69) is 10.3 Å². The Kier molecular flexibility index (Phi) is 2.63. The molecule has 0 amide bonds. The first-order valence-corrected chi connectivity index (χ1v) is 6.15. The Morgan fingerprint density at radius 2 is 2.33 bits per heavy atom. The first-order chi connectivity index (χ1) is 8.77. The van der Waals surface area contributed by atoms with E-state index in [4.69, 9.17) is 0 Å². The average molecular weight is 241 g/mol. The number of carbonyl (C=O) groups is 1. The van der Waals surface area contributed by atoms with E-state index in [1.165, 1.54) is 0 Å². The Hall–Kier alpha value is -2.10. The van der Waals surface area contributed by atoms with E-state index in [0.29, 0.717) is 5.82 Å². The van der Waals surface area contributed by atoms with Gasteiger partial charge in [0, 0.05) is 37.2 Å². The minimum absolute atomic E-state index is 0.00282. The highest BCUT2D eigenvalue weighted by atomic mass is 16.1. The summed E-state index contributed by atoms with van der Waals surface area (Å²) in [4.78, 5) is 16.6. The van der Waals surface area contributed by atoms with Gasteiger partial charge in [-0.3, -0.25) is 4.79 Å². The van der Waals surface area contributed by atoms with Crippen LogP contribution >= 0.6 is 0 Å². The molecule has 1 aliphatic heterocycles. The second-order valence-electron chi connectivity index (χ2n) is 4.55. The summed E-state index contributed by atoms with van der Waals surface area (Å²) in [7, 11) is 1.84. The number of carbonyl (C=O) groups excluding carboxylic acids is 1. The highest BCUT2D eigenvalue weighted by molar-refractivity contribution is 6.08. The molecule has 2 aromatic rings. The molecule has 0 bridgehead atoms. The molecule has 0 saturated heterocycles. The van der Waals surface area contributed by atoms with Crippen molar-refractivity contribution < 1.29 is 4.79 Å². The number of benzene rings is 1. The molecular weight excluding hydrogens is 226 g/mol. The molecule has 0 fully saturated rings. The molecule has 1 N–H and O–H groups in total. The fourth-order valence-electron chi connectivity index (χ4n) is 2.43. The predicted molar refractivity (Wildman–Crippen MR) is 69.9 cm³/mol. The molecule has 4 heteroatoms. The van der Waals surface area contributed by atoms with Crippen LogP contribution in [-0.4, -0.2) is 21.9 Å². The van der Waals surface area contributed by atoms with Gasteiger partial charge in [0.25, 0.3) is 0 Å². The summed E-state index contributed by atoms with van der Waals surface area (Å²) in [6.45, 7) is 0.979. The molecule has 18 heavy (non-hydrogen) atoms. The van der Waals surface area contributed by atoms with Gasteiger partial charge in [-0.05, 0) is 24.5 Å². The summed E-state index contributed by atoms with van der Waals surface area (Å²) in [6, 6.07) is 5.85. The molecule has 1 aromatic carbocycles. The molecule has 0 atom stereocenters. The molecule has 0 spiro atoms. The van der Waals surface area contributed by atoms with Crippen LogP contribution in [0.15, 0.2) is 30.6 Å². The third-order valence-electron chi connectivity index (χ3n) is 3.36. The van der Waals surface area contributed by atoms with Crippen LogP contribution in [0.4, 0.5) is 5.69 Å². The standard InChI is InChI=1S/C14H15N3O/c1-17-9-8-16-14(17)13(18)11-4-2-6-12-10(11)5-3-7-15-12/h2,4,6,8-9,15H,3,5,7H2,1H3. The number of ketones is 1. The SMILES string of the molecule is Cn1ccnc1C(=O)c1cccc2c1CCCN2. The molecule has 0 aliphatic carbocycles. The molecule has 1 aliphatic rings. The van der Waals surface area contributed by atoms with Gasteiger partial charge in [0.2, 0.25) is 5.78 Å². The Morgan fingerprint density at radius 1 is 1.44 bits per heavy atom. The lowest BCUT2D eigenvalue weighted by Gasteiger charge is -2.20. The van der Waals surface area contributed by atoms with Gasteiger partial charge in [0.05, 0.1) is 0 Å². The average Bonchev–Trinajstić information content (AvgIpc) is 2.83. The second-order valence-corrected chi connectivity index (χ2v) is 4.55. The monoisotopic (exact) mass is 241 g/mol. The summed E-state index contributed by atoms with van der Waals surface area (Å²) in [5.74, 6) is 0.497. The maximum absolute atomic E-state index is 12.5. The van der Waals surface area contributed by atoms with Crippen molar-refractivity contribution in [2.24, 2.45) is 7.05 Å². The van der Waals surface area contributed by atoms with Crippen molar-refractivity contribution in [3.63, 3.8) is 0 Å². The van der Waals surface area contributed by atoms with Crippen molar-refractivity contribution in [1.29, 1.82) is 0 Å². The molecular formula is C14H15N3O. The molecule has 3 rings (SSSR count). The zero-order valence-corrected chi connectivity index (χ0v) is 10.3. The number of imidazole rings is 1. The summed E-state index contributed by atoms with van der Waals surface area (Å²) in [5.41, 5.74) is 2.98. The summed E-state index contributed by atoms with van der Waals surface area (Å²) < 4.78 is 1.76. The summed E-state index contributed by atoms with van der Waals surface area (Å²) in [5, 5.41) is 3.34. The fourth-order valence-corrected chi connectivity index (χ4v) is 2.43. The van der Waals surface area contributed by atoms with E-state index in [-0.39, 0.29) is 5.78 Å². The van der Waals surface area contributed by atoms with E-state index < -0.39 is 0 Å². The van der Waals surface area contributed by atoms with Crippen molar-refractivity contribution in [2.45, 2.75) is 12.8 Å². The van der Waals surface area contributed by atoms with Crippen molar-refractivity contribution in [2.75, 3.05) is 11.9 Å². The molecule has 0 radical (unpaired) electrons. The molecule has 0 unspecified atom stereocenters. The first kappa shape index (κ1) is 11.0. The molecule has 92 valence electrons. The number of aromatic nitrogens is 2. The van der Waals surface area contributed by atoms with Crippen LogP contribution in [-0.2, 0) is 13.5 Å². The molecule has 4 nitrogen and oxygen atoms in total. The van der Waals surface area contributed by atoms with E-state index >= 15 is 0 Å². The van der Waals surface area contributed by atoms with Gasteiger partial charge >= 0.3 is 0 Å². The Labute approximate surface area is 106 Å². The van der Waals surface area contributed by atoms with Gasteiger partial charge in [0.15, 0.2) is 5.82 Å². The van der Waals surface area contributed by atoms with Crippen molar-refractivity contribution in [3.8, 4) is 0 Å². The van der Waals surface area contributed by atoms with Crippen LogP contribution in [0.2, 0.25) is 0 Å². The highest BCUT2D eigenvalue weighted by Crippen LogP contribution is 2.26. The number of hydrogen-bond donors (Lipinski definition) is 1. The highest BCUT2D eigenvalue weighted by Gasteiger charge is 2.20. The number of nitrogens with zero attached hydrogens (tertiary/aromatic N) is 2. The van der Waals surface area contributed by atoms with E-state index in [1.54, 1.807) is 17.0 Å². The maximum Gasteiger partial charge on any atom is 0.228 e. The van der Waals surface area contributed by atoms with Gasteiger partial charge in [-0.1, -0.05) is 12.1 Å². The van der Waals surface area contributed by atoms with Crippen LogP contribution in [0, 0.1) is 0 Å². The predicted octanol–water partition coefficient (Wildman–Crippen LogP) is 2.01. The first-order valence-electron chi connectivity index (χ1n) is 6.15. The van der Waals surface area contributed by atoms with Crippen LogP contribution in [0.25, 0.3) is 0 Å². The second kappa shape index (κ2) is 4.29. The third-order valence-corrected chi connectivity index (χ3v) is 3.36. The molecule has 2 heterocycles. The zero-order valence-electron chi connectivity index (χ0n) is 10.3. The number of anilines is 1. The number of nitrogens with one attached hydrogen (secondary N) is 1. The van der Waals surface area contributed by atoms with Crippen LogP contribution in [0.1, 0.15) is 28.2 Å². The zero-order chi connectivity index (χ0) is 12.5. The van der Waals surface area contributed by atoms with E-state index in [1.807, 2.05) is 25.2 Å². The smallest absolute Gasteiger partial charge is 0.228 e. The lowest BCUT2D eigenvalue weighted by atomic mass is 9.95. The van der Waals surface area contributed by atoms with Gasteiger partial charge in [0.1, 0.15) is 0 Å². The Morgan fingerprint density at radius 3 is 3.11 bits per heavy atom. The number of hydrogen-bond acceptors (Lipinski definition) is 3. The largest absolute Gasteiger partial charge is 0.385 e. The minimum atomic E-state index is 0.00282. The fraction of sp³-hybridized carbons (Fsp3) is 0.286. The number of rotatable bonds is 2. The molecule has 1 aromatic heterocycles. The van der Waals surface area contributed by atoms with Gasteiger partial charge in [-0.25, -0.2) is 4.98 Å². The lowest BCUT2D eigenvalue weighted by Crippen LogP contribution is -2.17. The maximum atomic E-state index is 12.5. The van der Waals surface area contributed by atoms with E-state index in [0.717, 1.165) is 36.2 Å². The quantitative estimate of drug-likeness (QED) is 0.818. The topological polar surface area (TPSA) is 46.9 Å². The Balaban J connectivity index is 2.07. The minimum Gasteiger partial charge on any atom is -0.385 e. The number of aryl methyl sites for hydroxylation is 1. The van der Waals surface area contributed by atoms with Gasteiger partial charge in [-0.15, -0.1) is 0 Å². The van der Waals surface area contributed by atoms with Gasteiger partial charge < -0.3 is 9.88 Å². The lowest BCUT2D eigenvalue weighted by molar-refractivity contribution is 0.102. The van der Waals surface area contributed by atoms with Crippen molar-refractivity contribution >= 4 is 11.5 Å². The Bertz CT molecular complexity index is 601.